The summed E-state index contributed by atoms with van der Waals surface area (Å²) in [5.74, 6) is 0.446. The van der Waals surface area contributed by atoms with Gasteiger partial charge < -0.3 is 10.1 Å². The van der Waals surface area contributed by atoms with Crippen molar-refractivity contribution in [3.05, 3.63) is 62.3 Å². The van der Waals surface area contributed by atoms with Crippen LogP contribution in [0.15, 0.2) is 34.8 Å². The molecule has 0 amide bonds. The van der Waals surface area contributed by atoms with Gasteiger partial charge >= 0.3 is 0 Å². The van der Waals surface area contributed by atoms with E-state index < -0.39 is 5.82 Å². The summed E-state index contributed by atoms with van der Waals surface area (Å²) in [6.45, 7) is 0.660. The van der Waals surface area contributed by atoms with Crippen LogP contribution in [-0.4, -0.2) is 13.7 Å². The van der Waals surface area contributed by atoms with Gasteiger partial charge in [0.15, 0.2) is 0 Å². The molecule has 0 bridgehead atoms. The molecule has 1 aliphatic rings. The van der Waals surface area contributed by atoms with Gasteiger partial charge in [-0.05, 0) is 30.8 Å². The highest BCUT2D eigenvalue weighted by molar-refractivity contribution is 9.10. The maximum absolute atomic E-state index is 14.4. The molecule has 2 aromatic rings. The summed E-state index contributed by atoms with van der Waals surface area (Å²) in [5, 5.41) is 3.29. The van der Waals surface area contributed by atoms with Gasteiger partial charge in [-0.3, -0.25) is 0 Å². The lowest BCUT2D eigenvalue weighted by atomic mass is 9.95. The minimum absolute atomic E-state index is 0.125. The molecule has 0 aromatic heterocycles. The topological polar surface area (TPSA) is 21.3 Å². The Morgan fingerprint density at radius 3 is 2.90 bits per heavy atom. The summed E-state index contributed by atoms with van der Waals surface area (Å²) in [6, 6.07) is 8.75. The van der Waals surface area contributed by atoms with Crippen LogP contribution < -0.4 is 10.1 Å². The summed E-state index contributed by atoms with van der Waals surface area (Å²) in [7, 11) is 1.80. The van der Waals surface area contributed by atoms with Crippen molar-refractivity contribution in [3.63, 3.8) is 0 Å². The second-order valence-electron chi connectivity index (χ2n) is 4.95. The minimum Gasteiger partial charge on any atom is -0.493 e. The van der Waals surface area contributed by atoms with Crippen molar-refractivity contribution in [2.75, 3.05) is 13.7 Å². The number of hydrogen-bond acceptors (Lipinski definition) is 2. The lowest BCUT2D eigenvalue weighted by Crippen LogP contribution is -2.20. The van der Waals surface area contributed by atoms with Gasteiger partial charge in [0.05, 0.1) is 17.7 Å². The molecule has 2 aromatic carbocycles. The van der Waals surface area contributed by atoms with Crippen LogP contribution in [0, 0.1) is 5.82 Å². The molecule has 110 valence electrons. The van der Waals surface area contributed by atoms with Crippen LogP contribution in [0.2, 0.25) is 5.02 Å². The van der Waals surface area contributed by atoms with Crippen LogP contribution >= 0.6 is 27.5 Å². The molecule has 1 atom stereocenters. The molecule has 1 aliphatic heterocycles. The van der Waals surface area contributed by atoms with Crippen LogP contribution in [0.1, 0.15) is 22.7 Å². The second kappa shape index (κ2) is 5.95. The number of rotatable bonds is 3. The number of fused-ring (bicyclic) bond motifs is 1. The van der Waals surface area contributed by atoms with E-state index in [-0.39, 0.29) is 11.1 Å². The summed E-state index contributed by atoms with van der Waals surface area (Å²) in [6.07, 6.45) is 0.871. The smallest absolute Gasteiger partial charge is 0.146 e. The van der Waals surface area contributed by atoms with E-state index in [1.807, 2.05) is 12.1 Å². The Morgan fingerprint density at radius 1 is 1.33 bits per heavy atom. The summed E-state index contributed by atoms with van der Waals surface area (Å²) in [4.78, 5) is 0. The van der Waals surface area contributed by atoms with E-state index in [9.17, 15) is 4.39 Å². The first-order chi connectivity index (χ1) is 10.1. The Bertz CT molecular complexity index is 692. The molecule has 0 saturated heterocycles. The van der Waals surface area contributed by atoms with Crippen LogP contribution in [0.25, 0.3) is 0 Å². The fourth-order valence-corrected chi connectivity index (χ4v) is 3.44. The molecule has 0 radical (unpaired) electrons. The number of benzene rings is 2. The molecule has 1 heterocycles. The maximum atomic E-state index is 14.4. The zero-order chi connectivity index (χ0) is 15.0. The fourth-order valence-electron chi connectivity index (χ4n) is 2.73. The van der Waals surface area contributed by atoms with E-state index in [2.05, 4.69) is 21.2 Å². The molecule has 0 spiro atoms. The van der Waals surface area contributed by atoms with Gasteiger partial charge in [-0.2, -0.15) is 0 Å². The third-order valence-corrected chi connectivity index (χ3v) is 4.42. The second-order valence-corrected chi connectivity index (χ2v) is 6.27. The molecule has 1 unspecified atom stereocenters. The lowest BCUT2D eigenvalue weighted by molar-refractivity contribution is 0.350. The first-order valence-corrected chi connectivity index (χ1v) is 7.85. The Morgan fingerprint density at radius 2 is 2.14 bits per heavy atom. The van der Waals surface area contributed by atoms with Crippen LogP contribution in [-0.2, 0) is 6.42 Å². The van der Waals surface area contributed by atoms with Crippen molar-refractivity contribution in [1.82, 2.24) is 5.32 Å². The van der Waals surface area contributed by atoms with Gasteiger partial charge in [-0.15, -0.1) is 0 Å². The Hall–Kier alpha value is -1.10. The van der Waals surface area contributed by atoms with Crippen molar-refractivity contribution in [2.24, 2.45) is 0 Å². The average molecular weight is 371 g/mol. The zero-order valence-electron chi connectivity index (χ0n) is 11.4. The third-order valence-electron chi connectivity index (χ3n) is 3.67. The molecule has 0 saturated carbocycles. The SMILES string of the molecule is CNC(c1cccc(Cl)c1F)c1cc(Br)cc2c1OCC2. The first-order valence-electron chi connectivity index (χ1n) is 6.68. The monoisotopic (exact) mass is 369 g/mol. The van der Waals surface area contributed by atoms with Crippen LogP contribution in [0.4, 0.5) is 4.39 Å². The van der Waals surface area contributed by atoms with Gasteiger partial charge in [0.25, 0.3) is 0 Å². The van der Waals surface area contributed by atoms with E-state index in [1.54, 1.807) is 25.2 Å². The summed E-state index contributed by atoms with van der Waals surface area (Å²) >= 11 is 9.42. The molecular weight excluding hydrogens is 357 g/mol. The maximum Gasteiger partial charge on any atom is 0.146 e. The van der Waals surface area contributed by atoms with Crippen molar-refractivity contribution in [2.45, 2.75) is 12.5 Å². The van der Waals surface area contributed by atoms with E-state index in [0.29, 0.717) is 12.2 Å². The predicted molar refractivity (Wildman–Crippen MR) is 85.7 cm³/mol. The molecule has 5 heteroatoms. The first kappa shape index (κ1) is 14.8. The summed E-state index contributed by atoms with van der Waals surface area (Å²) < 4.78 is 21.1. The number of nitrogens with one attached hydrogen (secondary N) is 1. The molecule has 21 heavy (non-hydrogen) atoms. The molecule has 0 aliphatic carbocycles. The van der Waals surface area contributed by atoms with E-state index in [0.717, 1.165) is 27.8 Å². The number of hydrogen-bond donors (Lipinski definition) is 1. The van der Waals surface area contributed by atoms with Crippen molar-refractivity contribution in [1.29, 1.82) is 0 Å². The molecule has 1 N–H and O–H groups in total. The molecule has 2 nitrogen and oxygen atoms in total. The highest BCUT2D eigenvalue weighted by Gasteiger charge is 2.25. The van der Waals surface area contributed by atoms with Gasteiger partial charge in [0.1, 0.15) is 11.6 Å². The summed E-state index contributed by atoms with van der Waals surface area (Å²) in [5.41, 5.74) is 2.57. The quantitative estimate of drug-likeness (QED) is 0.860. The van der Waals surface area contributed by atoms with Gasteiger partial charge in [0.2, 0.25) is 0 Å². The average Bonchev–Trinajstić information content (AvgIpc) is 2.92. The Kier molecular flexibility index (Phi) is 4.20. The zero-order valence-corrected chi connectivity index (χ0v) is 13.8. The fraction of sp³-hybridized carbons (Fsp3) is 0.250. The highest BCUT2D eigenvalue weighted by Crippen LogP contribution is 2.39. The van der Waals surface area contributed by atoms with Crippen molar-refractivity contribution >= 4 is 27.5 Å². The number of halogens is 3. The molecule has 0 fully saturated rings. The minimum atomic E-state index is -0.398. The Labute approximate surface area is 136 Å². The van der Waals surface area contributed by atoms with Crippen molar-refractivity contribution in [3.8, 4) is 5.75 Å². The van der Waals surface area contributed by atoms with Gasteiger partial charge in [0, 0.05) is 22.0 Å². The van der Waals surface area contributed by atoms with Gasteiger partial charge in [-0.25, -0.2) is 4.39 Å². The van der Waals surface area contributed by atoms with E-state index in [4.69, 9.17) is 16.3 Å². The largest absolute Gasteiger partial charge is 0.493 e. The predicted octanol–water partition coefficient (Wildman–Crippen LogP) is 4.49. The normalized spacial score (nSPS) is 14.7. The number of ether oxygens (including phenoxy) is 1. The van der Waals surface area contributed by atoms with E-state index >= 15 is 0 Å². The standard InChI is InChI=1S/C16H14BrClFNO/c1-20-15(11-3-2-4-13(18)14(11)19)12-8-10(17)7-9-5-6-21-16(9)12/h2-4,7-8,15,20H,5-6H2,1H3. The highest BCUT2D eigenvalue weighted by atomic mass is 79.9. The van der Waals surface area contributed by atoms with Crippen LogP contribution in [0.3, 0.4) is 0 Å². The van der Waals surface area contributed by atoms with E-state index in [1.165, 1.54) is 0 Å². The third kappa shape index (κ3) is 2.68. The molecular formula is C16H14BrClFNO. The van der Waals surface area contributed by atoms with Crippen LogP contribution in [0.5, 0.6) is 5.75 Å². The lowest BCUT2D eigenvalue weighted by Gasteiger charge is -2.21. The van der Waals surface area contributed by atoms with Gasteiger partial charge in [-0.1, -0.05) is 39.7 Å². The van der Waals surface area contributed by atoms with Crippen molar-refractivity contribution < 1.29 is 9.13 Å². The molecule has 3 rings (SSSR count). The Balaban J connectivity index is 2.15.